The second-order valence-corrected chi connectivity index (χ2v) is 6.71. The normalized spacial score (nSPS) is 10.5. The molecule has 0 aliphatic carbocycles. The highest BCUT2D eigenvalue weighted by molar-refractivity contribution is 7.99. The number of carbonyl (C=O) groups is 1. The van der Waals surface area contributed by atoms with Gasteiger partial charge >= 0.3 is 0 Å². The largest absolute Gasteiger partial charge is 0.494 e. The van der Waals surface area contributed by atoms with Crippen molar-refractivity contribution in [3.05, 3.63) is 59.4 Å². The van der Waals surface area contributed by atoms with E-state index in [-0.39, 0.29) is 11.6 Å². The Kier molecular flexibility index (Phi) is 7.12. The number of hydrogen-bond acceptors (Lipinski definition) is 3. The molecular weight excluding hydrogens is 325 g/mol. The second-order valence-electron chi connectivity index (χ2n) is 5.61. The summed E-state index contributed by atoms with van der Waals surface area (Å²) in [6, 6.07) is 12.3. The highest BCUT2D eigenvalue weighted by Crippen LogP contribution is 2.17. The zero-order chi connectivity index (χ0) is 17.4. The van der Waals surface area contributed by atoms with E-state index in [0.717, 1.165) is 17.9 Å². The molecule has 0 spiro atoms. The van der Waals surface area contributed by atoms with Crippen LogP contribution in [0.1, 0.15) is 17.5 Å². The van der Waals surface area contributed by atoms with Crippen LogP contribution in [-0.2, 0) is 4.79 Å². The molecule has 2 aromatic carbocycles. The first-order valence-corrected chi connectivity index (χ1v) is 9.03. The van der Waals surface area contributed by atoms with Crippen molar-refractivity contribution in [3.63, 3.8) is 0 Å². The van der Waals surface area contributed by atoms with E-state index in [9.17, 15) is 9.18 Å². The van der Waals surface area contributed by atoms with Gasteiger partial charge in [0.2, 0.25) is 5.91 Å². The van der Waals surface area contributed by atoms with Crippen molar-refractivity contribution in [2.24, 2.45) is 0 Å². The average molecular weight is 347 g/mol. The van der Waals surface area contributed by atoms with Crippen molar-refractivity contribution in [2.45, 2.75) is 20.3 Å². The topological polar surface area (TPSA) is 38.3 Å². The van der Waals surface area contributed by atoms with E-state index in [0.29, 0.717) is 12.4 Å². The SMILES string of the molecule is Cc1cc(C)cc(OCCCSCC(=O)Nc2ccccc2F)c1. The van der Waals surface area contributed by atoms with Gasteiger partial charge in [-0.25, -0.2) is 4.39 Å². The van der Waals surface area contributed by atoms with E-state index in [1.807, 2.05) is 26.0 Å². The molecule has 24 heavy (non-hydrogen) atoms. The molecule has 0 aliphatic rings. The first kappa shape index (κ1) is 18.3. The minimum Gasteiger partial charge on any atom is -0.494 e. The van der Waals surface area contributed by atoms with Gasteiger partial charge in [0, 0.05) is 0 Å². The van der Waals surface area contributed by atoms with Gasteiger partial charge in [-0.05, 0) is 61.4 Å². The Morgan fingerprint density at radius 2 is 1.88 bits per heavy atom. The molecule has 128 valence electrons. The number of rotatable bonds is 8. The summed E-state index contributed by atoms with van der Waals surface area (Å²) in [4.78, 5) is 11.8. The van der Waals surface area contributed by atoms with Gasteiger partial charge < -0.3 is 10.1 Å². The van der Waals surface area contributed by atoms with E-state index < -0.39 is 5.82 Å². The van der Waals surface area contributed by atoms with E-state index in [1.165, 1.54) is 29.0 Å². The molecule has 0 radical (unpaired) electrons. The molecule has 2 aromatic rings. The summed E-state index contributed by atoms with van der Waals surface area (Å²) >= 11 is 1.51. The lowest BCUT2D eigenvalue weighted by Gasteiger charge is -2.08. The quantitative estimate of drug-likeness (QED) is 0.710. The van der Waals surface area contributed by atoms with Crippen molar-refractivity contribution < 1.29 is 13.9 Å². The van der Waals surface area contributed by atoms with E-state index in [1.54, 1.807) is 18.2 Å². The molecule has 3 nitrogen and oxygen atoms in total. The van der Waals surface area contributed by atoms with Gasteiger partial charge in [0.15, 0.2) is 0 Å². The summed E-state index contributed by atoms with van der Waals surface area (Å²) in [7, 11) is 0. The molecule has 5 heteroatoms. The third-order valence-electron chi connectivity index (χ3n) is 3.28. The van der Waals surface area contributed by atoms with Crippen LogP contribution in [0.25, 0.3) is 0 Å². The van der Waals surface area contributed by atoms with Crippen LogP contribution in [0.4, 0.5) is 10.1 Å². The molecule has 2 rings (SSSR count). The molecule has 0 aromatic heterocycles. The van der Waals surface area contributed by atoms with Gasteiger partial charge in [-0.15, -0.1) is 0 Å². The molecule has 1 N–H and O–H groups in total. The summed E-state index contributed by atoms with van der Waals surface area (Å²) in [6.45, 7) is 4.71. The number of anilines is 1. The first-order chi connectivity index (χ1) is 11.5. The van der Waals surface area contributed by atoms with Crippen molar-refractivity contribution in [2.75, 3.05) is 23.4 Å². The van der Waals surface area contributed by atoms with Gasteiger partial charge in [0.1, 0.15) is 11.6 Å². The maximum absolute atomic E-state index is 13.4. The summed E-state index contributed by atoms with van der Waals surface area (Å²) in [5.41, 5.74) is 2.59. The second kappa shape index (κ2) is 9.33. The number of benzene rings is 2. The number of ether oxygens (including phenoxy) is 1. The Morgan fingerprint density at radius 3 is 2.58 bits per heavy atom. The Bertz CT molecular complexity index is 671. The molecule has 1 amide bonds. The molecule has 0 saturated heterocycles. The van der Waals surface area contributed by atoms with Crippen LogP contribution in [0, 0.1) is 19.7 Å². The van der Waals surface area contributed by atoms with Crippen molar-refractivity contribution in [1.29, 1.82) is 0 Å². The van der Waals surface area contributed by atoms with E-state index in [2.05, 4.69) is 11.4 Å². The Balaban J connectivity index is 1.61. The lowest BCUT2D eigenvalue weighted by Crippen LogP contribution is -2.15. The minimum atomic E-state index is -0.419. The Hall–Kier alpha value is -2.01. The molecule has 0 heterocycles. The number of thioether (sulfide) groups is 1. The predicted molar refractivity (Wildman–Crippen MR) is 98.4 cm³/mol. The maximum atomic E-state index is 13.4. The molecule has 0 bridgehead atoms. The number of hydrogen-bond donors (Lipinski definition) is 1. The van der Waals surface area contributed by atoms with Gasteiger partial charge in [-0.1, -0.05) is 18.2 Å². The molecule has 0 unspecified atom stereocenters. The smallest absolute Gasteiger partial charge is 0.234 e. The Labute approximate surface area is 146 Å². The van der Waals surface area contributed by atoms with E-state index in [4.69, 9.17) is 4.74 Å². The summed E-state index contributed by atoms with van der Waals surface area (Å²) < 4.78 is 19.1. The number of carbonyl (C=O) groups excluding carboxylic acids is 1. The van der Waals surface area contributed by atoms with Crippen LogP contribution in [-0.4, -0.2) is 24.0 Å². The maximum Gasteiger partial charge on any atom is 0.234 e. The number of aryl methyl sites for hydroxylation is 2. The van der Waals surface area contributed by atoms with Gasteiger partial charge in [-0.3, -0.25) is 4.79 Å². The van der Waals surface area contributed by atoms with Crippen LogP contribution in [0.2, 0.25) is 0 Å². The average Bonchev–Trinajstić information content (AvgIpc) is 2.52. The van der Waals surface area contributed by atoms with Gasteiger partial charge in [-0.2, -0.15) is 11.8 Å². The third kappa shape index (κ3) is 6.24. The zero-order valence-electron chi connectivity index (χ0n) is 14.0. The van der Waals surface area contributed by atoms with Crippen LogP contribution >= 0.6 is 11.8 Å². The molecular formula is C19H22FNO2S. The molecule has 0 fully saturated rings. The molecule has 0 aliphatic heterocycles. The van der Waals surface area contributed by atoms with Crippen molar-refractivity contribution in [3.8, 4) is 5.75 Å². The Morgan fingerprint density at radius 1 is 1.17 bits per heavy atom. The fraction of sp³-hybridized carbons (Fsp3) is 0.316. The summed E-state index contributed by atoms with van der Waals surface area (Å²) in [5, 5.41) is 2.57. The summed E-state index contributed by atoms with van der Waals surface area (Å²) in [5.74, 6) is 1.39. The first-order valence-electron chi connectivity index (χ1n) is 7.88. The van der Waals surface area contributed by atoms with Gasteiger partial charge in [0.25, 0.3) is 0 Å². The number of nitrogens with one attached hydrogen (secondary N) is 1. The fourth-order valence-electron chi connectivity index (χ4n) is 2.28. The van der Waals surface area contributed by atoms with Crippen LogP contribution in [0.5, 0.6) is 5.75 Å². The number of amides is 1. The fourth-order valence-corrected chi connectivity index (χ4v) is 3.00. The lowest BCUT2D eigenvalue weighted by molar-refractivity contribution is -0.113. The summed E-state index contributed by atoms with van der Waals surface area (Å²) in [6.07, 6.45) is 0.852. The third-order valence-corrected chi connectivity index (χ3v) is 4.32. The van der Waals surface area contributed by atoms with Crippen LogP contribution < -0.4 is 10.1 Å². The van der Waals surface area contributed by atoms with E-state index >= 15 is 0 Å². The molecule has 0 atom stereocenters. The van der Waals surface area contributed by atoms with Crippen molar-refractivity contribution >= 4 is 23.4 Å². The monoisotopic (exact) mass is 347 g/mol. The van der Waals surface area contributed by atoms with Crippen LogP contribution in [0.15, 0.2) is 42.5 Å². The molecule has 0 saturated carbocycles. The van der Waals surface area contributed by atoms with Crippen LogP contribution in [0.3, 0.4) is 0 Å². The lowest BCUT2D eigenvalue weighted by atomic mass is 10.1. The number of halogens is 1. The minimum absolute atomic E-state index is 0.194. The number of para-hydroxylation sites is 1. The highest BCUT2D eigenvalue weighted by Gasteiger charge is 2.06. The van der Waals surface area contributed by atoms with Gasteiger partial charge in [0.05, 0.1) is 18.0 Å². The van der Waals surface area contributed by atoms with Crippen molar-refractivity contribution in [1.82, 2.24) is 0 Å². The zero-order valence-corrected chi connectivity index (χ0v) is 14.8. The standard InChI is InChI=1S/C19H22FNO2S/c1-14-10-15(2)12-16(11-14)23-8-5-9-24-13-19(22)21-18-7-4-3-6-17(18)20/h3-4,6-7,10-12H,5,8-9,13H2,1-2H3,(H,21,22). The predicted octanol–water partition coefficient (Wildman–Crippen LogP) is 4.58. The highest BCUT2D eigenvalue weighted by atomic mass is 32.2.